The molecule has 0 heterocycles. The Balaban J connectivity index is 0.00000264. The van der Waals surface area contributed by atoms with Gasteiger partial charge in [0.25, 0.3) is 0 Å². The van der Waals surface area contributed by atoms with Gasteiger partial charge < -0.3 is 25.4 Å². The molecule has 2 aromatic carbocycles. The molecule has 0 unspecified atom stereocenters. The van der Waals surface area contributed by atoms with Gasteiger partial charge in [-0.15, -0.1) is 12.4 Å². The van der Waals surface area contributed by atoms with Crippen molar-refractivity contribution >= 4 is 12.4 Å². The Labute approximate surface area is 142 Å². The lowest BCUT2D eigenvalue weighted by atomic mass is 9.96. The molecule has 0 spiro atoms. The Bertz CT molecular complexity index is 596. The second-order valence-electron chi connectivity index (χ2n) is 5.06. The van der Waals surface area contributed by atoms with Crippen molar-refractivity contribution in [2.75, 3.05) is 14.2 Å². The first-order valence-corrected chi connectivity index (χ1v) is 6.99. The van der Waals surface area contributed by atoms with Gasteiger partial charge in [0, 0.05) is 6.42 Å². The maximum atomic E-state index is 10.4. The third-order valence-electron chi connectivity index (χ3n) is 3.59. The van der Waals surface area contributed by atoms with E-state index in [1.54, 1.807) is 12.1 Å². The number of nitrogens with two attached hydrogens (primary N) is 1. The van der Waals surface area contributed by atoms with Gasteiger partial charge in [-0.2, -0.15) is 0 Å². The number of benzene rings is 2. The molecule has 2 rings (SSSR count). The second-order valence-corrected chi connectivity index (χ2v) is 5.06. The highest BCUT2D eigenvalue weighted by atomic mass is 35.5. The zero-order chi connectivity index (χ0) is 16.1. The number of rotatable bonds is 6. The zero-order valence-electron chi connectivity index (χ0n) is 13.1. The maximum absolute atomic E-state index is 10.4. The predicted octanol–water partition coefficient (Wildman–Crippen LogP) is 2.43. The molecule has 0 aliphatic carbocycles. The van der Waals surface area contributed by atoms with Crippen molar-refractivity contribution in [3.63, 3.8) is 0 Å². The fourth-order valence-corrected chi connectivity index (χ4v) is 2.31. The number of halogens is 1. The first-order chi connectivity index (χ1) is 10.6. The number of hydrogen-bond acceptors (Lipinski definition) is 5. The van der Waals surface area contributed by atoms with Crippen LogP contribution in [0.5, 0.6) is 17.2 Å². The molecule has 6 heteroatoms. The lowest BCUT2D eigenvalue weighted by molar-refractivity contribution is 0.145. The highest BCUT2D eigenvalue weighted by molar-refractivity contribution is 5.85. The molecule has 0 saturated carbocycles. The van der Waals surface area contributed by atoms with Crippen LogP contribution in [0.4, 0.5) is 0 Å². The highest BCUT2D eigenvalue weighted by Gasteiger charge is 2.21. The van der Waals surface area contributed by atoms with Crippen LogP contribution in [0, 0.1) is 0 Å². The van der Waals surface area contributed by atoms with Crippen molar-refractivity contribution in [3.8, 4) is 17.2 Å². The van der Waals surface area contributed by atoms with Gasteiger partial charge in [-0.05, 0) is 23.3 Å². The van der Waals surface area contributed by atoms with E-state index >= 15 is 0 Å². The summed E-state index contributed by atoms with van der Waals surface area (Å²) in [4.78, 5) is 0. The first kappa shape index (κ1) is 19.1. The van der Waals surface area contributed by atoms with Crippen molar-refractivity contribution in [1.82, 2.24) is 0 Å². The summed E-state index contributed by atoms with van der Waals surface area (Å²) in [5, 5.41) is 20.3. The third kappa shape index (κ3) is 4.51. The van der Waals surface area contributed by atoms with Gasteiger partial charge in [-0.3, -0.25) is 0 Å². The standard InChI is InChI=1S/C17H21NO4.ClH/c1-21-14-9-12(10-15(22-2)17(14)20)16(18)13(19)8-11-6-4-3-5-7-11;/h3-7,9-10,13,16,19-20H,8,18H2,1-2H3;1H/t13-,16+;/m1./s1. The summed E-state index contributed by atoms with van der Waals surface area (Å²) in [7, 11) is 2.90. The van der Waals surface area contributed by atoms with Crippen molar-refractivity contribution in [1.29, 1.82) is 0 Å². The van der Waals surface area contributed by atoms with Crippen LogP contribution in [0.1, 0.15) is 17.2 Å². The van der Waals surface area contributed by atoms with Gasteiger partial charge in [-0.25, -0.2) is 0 Å². The number of aliphatic hydroxyl groups is 1. The summed E-state index contributed by atoms with van der Waals surface area (Å²) in [6.07, 6.45) is -0.325. The SMILES string of the molecule is COc1cc([C@H](N)[C@H](O)Cc2ccccc2)cc(OC)c1O.Cl. The molecule has 0 saturated heterocycles. The molecule has 0 radical (unpaired) electrons. The van der Waals surface area contributed by atoms with Gasteiger partial charge in [0.1, 0.15) is 0 Å². The first-order valence-electron chi connectivity index (χ1n) is 6.99. The number of methoxy groups -OCH3 is 2. The number of aliphatic hydroxyl groups excluding tert-OH is 1. The third-order valence-corrected chi connectivity index (χ3v) is 3.59. The summed E-state index contributed by atoms with van der Waals surface area (Å²) in [6.45, 7) is 0. The topological polar surface area (TPSA) is 84.9 Å². The fraction of sp³-hybridized carbons (Fsp3) is 0.294. The smallest absolute Gasteiger partial charge is 0.200 e. The molecule has 2 aromatic rings. The average molecular weight is 340 g/mol. The minimum Gasteiger partial charge on any atom is -0.502 e. The fourth-order valence-electron chi connectivity index (χ4n) is 2.31. The molecule has 0 amide bonds. The molecule has 0 aromatic heterocycles. The number of phenols is 1. The Hall–Kier alpha value is -1.95. The summed E-state index contributed by atoms with van der Waals surface area (Å²) in [5.41, 5.74) is 7.78. The van der Waals surface area contributed by atoms with E-state index in [9.17, 15) is 10.2 Å². The van der Waals surface area contributed by atoms with E-state index in [0.29, 0.717) is 12.0 Å². The number of ether oxygens (including phenoxy) is 2. The lowest BCUT2D eigenvalue weighted by Gasteiger charge is -2.21. The van der Waals surface area contributed by atoms with E-state index in [1.165, 1.54) is 14.2 Å². The number of hydrogen-bond donors (Lipinski definition) is 3. The normalized spacial score (nSPS) is 12.9. The summed E-state index contributed by atoms with van der Waals surface area (Å²) in [6, 6.07) is 12.2. The predicted molar refractivity (Wildman–Crippen MR) is 91.5 cm³/mol. The molecule has 0 bridgehead atoms. The van der Waals surface area contributed by atoms with Crippen molar-refractivity contribution in [2.24, 2.45) is 5.73 Å². The van der Waals surface area contributed by atoms with E-state index in [4.69, 9.17) is 15.2 Å². The Morgan fingerprint density at radius 3 is 2.04 bits per heavy atom. The lowest BCUT2D eigenvalue weighted by Crippen LogP contribution is -2.28. The average Bonchev–Trinajstić information content (AvgIpc) is 2.55. The molecule has 23 heavy (non-hydrogen) atoms. The van der Waals surface area contributed by atoms with Crippen LogP contribution >= 0.6 is 12.4 Å². The summed E-state index contributed by atoms with van der Waals surface area (Å²) < 4.78 is 10.2. The monoisotopic (exact) mass is 339 g/mol. The largest absolute Gasteiger partial charge is 0.502 e. The van der Waals surface area contributed by atoms with Gasteiger partial charge in [0.2, 0.25) is 5.75 Å². The van der Waals surface area contributed by atoms with Crippen LogP contribution in [0.2, 0.25) is 0 Å². The second kappa shape index (κ2) is 8.62. The van der Waals surface area contributed by atoms with Gasteiger partial charge in [0.05, 0.1) is 26.4 Å². The van der Waals surface area contributed by atoms with E-state index in [-0.39, 0.29) is 29.7 Å². The number of aromatic hydroxyl groups is 1. The van der Waals surface area contributed by atoms with Gasteiger partial charge >= 0.3 is 0 Å². The van der Waals surface area contributed by atoms with Crippen LogP contribution in [-0.2, 0) is 6.42 Å². The zero-order valence-corrected chi connectivity index (χ0v) is 13.9. The quantitative estimate of drug-likeness (QED) is 0.752. The van der Waals surface area contributed by atoms with E-state index in [1.807, 2.05) is 30.3 Å². The van der Waals surface area contributed by atoms with Crippen molar-refractivity contribution in [3.05, 3.63) is 53.6 Å². The molecule has 126 valence electrons. The molecule has 0 fully saturated rings. The minimum atomic E-state index is -0.763. The van der Waals surface area contributed by atoms with Crippen LogP contribution in [-0.4, -0.2) is 30.5 Å². The van der Waals surface area contributed by atoms with Gasteiger partial charge in [-0.1, -0.05) is 30.3 Å². The molecule has 0 aliphatic heterocycles. The molecule has 0 aliphatic rings. The molecule has 5 nitrogen and oxygen atoms in total. The minimum absolute atomic E-state index is 0. The van der Waals surface area contributed by atoms with Crippen LogP contribution in [0.25, 0.3) is 0 Å². The Morgan fingerprint density at radius 1 is 1.04 bits per heavy atom. The maximum Gasteiger partial charge on any atom is 0.200 e. The van der Waals surface area contributed by atoms with Gasteiger partial charge in [0.15, 0.2) is 11.5 Å². The Kier molecular flexibility index (Phi) is 7.16. The van der Waals surface area contributed by atoms with E-state index < -0.39 is 12.1 Å². The summed E-state index contributed by atoms with van der Waals surface area (Å²) in [5.74, 6) is 0.437. The molecule has 2 atom stereocenters. The van der Waals surface area contributed by atoms with Crippen molar-refractivity contribution < 1.29 is 19.7 Å². The van der Waals surface area contributed by atoms with Crippen LogP contribution < -0.4 is 15.2 Å². The molecule has 4 N–H and O–H groups in total. The molecular formula is C17H22ClNO4. The Morgan fingerprint density at radius 2 is 1.57 bits per heavy atom. The molecular weight excluding hydrogens is 318 g/mol. The van der Waals surface area contributed by atoms with E-state index in [0.717, 1.165) is 5.56 Å². The summed E-state index contributed by atoms with van der Waals surface area (Å²) >= 11 is 0. The highest BCUT2D eigenvalue weighted by Crippen LogP contribution is 2.38. The number of phenolic OH excluding ortho intramolecular Hbond substituents is 1. The van der Waals surface area contributed by atoms with Crippen LogP contribution in [0.3, 0.4) is 0 Å². The van der Waals surface area contributed by atoms with E-state index in [2.05, 4.69) is 0 Å². The van der Waals surface area contributed by atoms with Crippen molar-refractivity contribution in [2.45, 2.75) is 18.6 Å². The van der Waals surface area contributed by atoms with Crippen LogP contribution in [0.15, 0.2) is 42.5 Å².